The smallest absolute Gasteiger partial charge is 0.340 e. The van der Waals surface area contributed by atoms with Gasteiger partial charge in [0.25, 0.3) is 0 Å². The van der Waals surface area contributed by atoms with Gasteiger partial charge in [-0.25, -0.2) is 9.18 Å². The van der Waals surface area contributed by atoms with E-state index in [0.29, 0.717) is 24.9 Å². The zero-order chi connectivity index (χ0) is 30.2. The molecule has 1 saturated carbocycles. The highest BCUT2D eigenvalue weighted by atomic mass is 19.1. The van der Waals surface area contributed by atoms with Crippen molar-refractivity contribution in [1.29, 1.82) is 0 Å². The Labute approximate surface area is 249 Å². The van der Waals surface area contributed by atoms with Crippen molar-refractivity contribution < 1.29 is 23.4 Å². The second-order valence-corrected chi connectivity index (χ2v) is 12.9. The van der Waals surface area contributed by atoms with E-state index in [2.05, 4.69) is 17.0 Å². The third-order valence-electron chi connectivity index (χ3n) is 7.89. The maximum absolute atomic E-state index is 13.6. The fraction of sp³-hybridized carbons (Fsp3) is 0.486. The summed E-state index contributed by atoms with van der Waals surface area (Å²) in [5, 5.41) is 0. The molecule has 0 spiro atoms. The number of hydrogen-bond donors (Lipinski definition) is 0. The number of aryl methyl sites for hydroxylation is 2. The molecule has 2 fully saturated rings. The van der Waals surface area contributed by atoms with E-state index in [0.717, 1.165) is 58.2 Å². The Kier molecular flexibility index (Phi) is 8.61. The number of carbonyl (C=O) groups excluding carboxylic acids is 1. The Morgan fingerprint density at radius 3 is 2.24 bits per heavy atom. The normalized spacial score (nSPS) is 18.6. The third kappa shape index (κ3) is 6.95. The molecule has 2 aliphatic rings. The van der Waals surface area contributed by atoms with E-state index in [9.17, 15) is 9.18 Å². The van der Waals surface area contributed by atoms with E-state index < -0.39 is 17.7 Å². The Morgan fingerprint density at radius 2 is 1.64 bits per heavy atom. The molecule has 7 heteroatoms. The monoisotopic (exact) mass is 574 g/mol. The van der Waals surface area contributed by atoms with Gasteiger partial charge in [0.15, 0.2) is 6.10 Å². The van der Waals surface area contributed by atoms with Crippen LogP contribution in [0.5, 0.6) is 5.75 Å². The summed E-state index contributed by atoms with van der Waals surface area (Å²) in [7, 11) is 0. The molecule has 3 aromatic rings. The number of hydrogen-bond acceptors (Lipinski definition) is 6. The number of nitrogens with zero attached hydrogens (tertiary/aromatic N) is 2. The average Bonchev–Trinajstić information content (AvgIpc) is 3.52. The summed E-state index contributed by atoms with van der Waals surface area (Å²) in [6.45, 7) is 16.0. The lowest BCUT2D eigenvalue weighted by molar-refractivity contribution is -0.171. The van der Waals surface area contributed by atoms with E-state index in [-0.39, 0.29) is 11.9 Å². The van der Waals surface area contributed by atoms with Crippen molar-refractivity contribution in [3.63, 3.8) is 0 Å². The molecule has 1 saturated heterocycles. The lowest BCUT2D eigenvalue weighted by atomic mass is 9.93. The van der Waals surface area contributed by atoms with Crippen molar-refractivity contribution >= 4 is 11.7 Å². The fourth-order valence-electron chi connectivity index (χ4n) is 5.94. The molecule has 3 atom stereocenters. The highest BCUT2D eigenvalue weighted by Gasteiger charge is 2.47. The second kappa shape index (κ2) is 12.0. The van der Waals surface area contributed by atoms with Gasteiger partial charge in [-0.05, 0) is 102 Å². The summed E-state index contributed by atoms with van der Waals surface area (Å²) in [5.74, 6) is 1.52. The van der Waals surface area contributed by atoms with Crippen LogP contribution in [0.1, 0.15) is 69.7 Å². The first-order valence-corrected chi connectivity index (χ1v) is 15.0. The Bertz CT molecular complexity index is 1400. The quantitative estimate of drug-likeness (QED) is 0.235. The van der Waals surface area contributed by atoms with E-state index in [4.69, 9.17) is 19.2 Å². The van der Waals surface area contributed by atoms with Crippen LogP contribution in [-0.2, 0) is 20.7 Å². The molecule has 0 bridgehead atoms. The number of benzene rings is 2. The number of ether oxygens (including phenoxy) is 3. The molecule has 42 heavy (non-hydrogen) atoms. The topological polar surface area (TPSA) is 60.9 Å². The Morgan fingerprint density at radius 1 is 1.00 bits per heavy atom. The van der Waals surface area contributed by atoms with Gasteiger partial charge >= 0.3 is 5.97 Å². The number of piperidine rings is 1. The van der Waals surface area contributed by atoms with Crippen LogP contribution in [0, 0.1) is 31.5 Å². The zero-order valence-electron chi connectivity index (χ0n) is 25.9. The zero-order valence-corrected chi connectivity index (χ0v) is 25.9. The molecule has 6 nitrogen and oxygen atoms in total. The van der Waals surface area contributed by atoms with Crippen molar-refractivity contribution in [2.45, 2.75) is 79.1 Å². The van der Waals surface area contributed by atoms with Gasteiger partial charge in [0.2, 0.25) is 0 Å². The van der Waals surface area contributed by atoms with Gasteiger partial charge in [0.1, 0.15) is 11.6 Å². The lowest BCUT2D eigenvalue weighted by Gasteiger charge is -2.34. The third-order valence-corrected chi connectivity index (χ3v) is 7.89. The van der Waals surface area contributed by atoms with E-state index in [1.807, 2.05) is 60.6 Å². The summed E-state index contributed by atoms with van der Waals surface area (Å²) in [6.07, 6.45) is 0.793. The Hall–Kier alpha value is -3.45. The van der Waals surface area contributed by atoms with Gasteiger partial charge in [0.05, 0.1) is 24.0 Å². The van der Waals surface area contributed by atoms with Gasteiger partial charge in [-0.3, -0.25) is 4.98 Å². The standard InChI is InChI=1S/C35H43FN2O4/c1-21(2)41-34(39)33(42-35(5,6)7)31-23(4)37-22(3)30(32(31)38-19-26-18-27(26)20-38)25-10-14-29(15-11-25)40-17-16-24-8-12-28(36)13-9-24/h8-15,21,26-27,33H,16-20H2,1-7H3/t26?,27?,33-/m0/s1. The van der Waals surface area contributed by atoms with Crippen LogP contribution < -0.4 is 9.64 Å². The van der Waals surface area contributed by atoms with Crippen LogP contribution in [0.2, 0.25) is 0 Å². The number of anilines is 1. The predicted molar refractivity (Wildman–Crippen MR) is 163 cm³/mol. The molecule has 5 rings (SSSR count). The molecule has 224 valence electrons. The number of pyridine rings is 1. The molecule has 0 radical (unpaired) electrons. The molecular formula is C35H43FN2O4. The summed E-state index contributed by atoms with van der Waals surface area (Å²) in [6, 6.07) is 14.6. The molecule has 1 aromatic heterocycles. The van der Waals surface area contributed by atoms with Crippen LogP contribution in [0.3, 0.4) is 0 Å². The first kappa shape index (κ1) is 30.0. The van der Waals surface area contributed by atoms with Crippen molar-refractivity contribution in [3.8, 4) is 16.9 Å². The van der Waals surface area contributed by atoms with E-state index >= 15 is 0 Å². The van der Waals surface area contributed by atoms with E-state index in [1.54, 1.807) is 12.1 Å². The molecule has 1 aliphatic carbocycles. The number of halogens is 1. The summed E-state index contributed by atoms with van der Waals surface area (Å²) in [5.41, 5.74) is 5.97. The highest BCUT2D eigenvalue weighted by Crippen LogP contribution is 2.51. The minimum Gasteiger partial charge on any atom is -0.493 e. The van der Waals surface area contributed by atoms with Crippen molar-refractivity contribution in [3.05, 3.63) is 76.9 Å². The minimum atomic E-state index is -0.903. The molecule has 1 aliphatic heterocycles. The van der Waals surface area contributed by atoms with Crippen molar-refractivity contribution in [2.24, 2.45) is 11.8 Å². The van der Waals surface area contributed by atoms with Gasteiger partial charge in [-0.15, -0.1) is 0 Å². The average molecular weight is 575 g/mol. The first-order chi connectivity index (χ1) is 19.9. The van der Waals surface area contributed by atoms with Gasteiger partial charge < -0.3 is 19.1 Å². The van der Waals surface area contributed by atoms with Crippen molar-refractivity contribution in [1.82, 2.24) is 4.98 Å². The lowest BCUT2D eigenvalue weighted by Crippen LogP contribution is -2.33. The number of aromatic nitrogens is 1. The molecule has 0 amide bonds. The maximum atomic E-state index is 13.6. The number of carbonyl (C=O) groups is 1. The molecule has 2 unspecified atom stereocenters. The van der Waals surface area contributed by atoms with Gasteiger partial charge in [0, 0.05) is 42.0 Å². The maximum Gasteiger partial charge on any atom is 0.340 e. The summed E-state index contributed by atoms with van der Waals surface area (Å²) in [4.78, 5) is 21.0. The number of esters is 1. The largest absolute Gasteiger partial charge is 0.493 e. The van der Waals surface area contributed by atoms with Crippen LogP contribution >= 0.6 is 0 Å². The number of rotatable bonds is 10. The van der Waals surface area contributed by atoms with Crippen molar-refractivity contribution in [2.75, 3.05) is 24.6 Å². The number of fused-ring (bicyclic) bond motifs is 1. The first-order valence-electron chi connectivity index (χ1n) is 15.0. The Balaban J connectivity index is 1.50. The second-order valence-electron chi connectivity index (χ2n) is 12.9. The van der Waals surface area contributed by atoms with Gasteiger partial charge in [-0.2, -0.15) is 0 Å². The molecule has 0 N–H and O–H groups in total. The summed E-state index contributed by atoms with van der Waals surface area (Å²) < 4.78 is 31.4. The summed E-state index contributed by atoms with van der Waals surface area (Å²) >= 11 is 0. The minimum absolute atomic E-state index is 0.238. The van der Waals surface area contributed by atoms with Gasteiger partial charge in [-0.1, -0.05) is 24.3 Å². The van der Waals surface area contributed by atoms with Crippen LogP contribution in [-0.4, -0.2) is 42.4 Å². The van der Waals surface area contributed by atoms with Crippen LogP contribution in [0.15, 0.2) is 48.5 Å². The predicted octanol–water partition coefficient (Wildman–Crippen LogP) is 7.39. The highest BCUT2D eigenvalue weighted by molar-refractivity contribution is 5.88. The molecule has 2 aromatic carbocycles. The SMILES string of the molecule is Cc1nc(C)c([C@H](OC(C)(C)C)C(=O)OC(C)C)c(N2CC3CC3C2)c1-c1ccc(OCCc2ccc(F)cc2)cc1. The molecule has 2 heterocycles. The van der Waals surface area contributed by atoms with Crippen LogP contribution in [0.4, 0.5) is 10.1 Å². The fourth-order valence-corrected chi connectivity index (χ4v) is 5.94. The van der Waals surface area contributed by atoms with Crippen LogP contribution in [0.25, 0.3) is 11.1 Å². The van der Waals surface area contributed by atoms with E-state index in [1.165, 1.54) is 18.6 Å². The molecular weight excluding hydrogens is 531 g/mol.